The molecule has 0 bridgehead atoms. The van der Waals surface area contributed by atoms with Gasteiger partial charge >= 0.3 is 0 Å². The van der Waals surface area contributed by atoms with Gasteiger partial charge in [-0.25, -0.2) is 8.42 Å². The number of rotatable bonds is 4. The summed E-state index contributed by atoms with van der Waals surface area (Å²) < 4.78 is 27.7. The van der Waals surface area contributed by atoms with E-state index in [1.165, 1.54) is 36.1 Å². The number of benzene rings is 1. The molecule has 0 aliphatic rings. The first-order valence-corrected chi connectivity index (χ1v) is 7.03. The molecule has 0 aliphatic heterocycles. The van der Waals surface area contributed by atoms with E-state index in [2.05, 4.69) is 9.82 Å². The highest BCUT2D eigenvalue weighted by Crippen LogP contribution is 2.21. The van der Waals surface area contributed by atoms with E-state index in [0.717, 1.165) is 6.07 Å². The van der Waals surface area contributed by atoms with Gasteiger partial charge in [-0.1, -0.05) is 6.07 Å². The average molecular weight is 307 g/mol. The highest BCUT2D eigenvalue weighted by atomic mass is 32.2. The zero-order valence-electron chi connectivity index (χ0n) is 10.7. The Morgan fingerprint density at radius 1 is 1.48 bits per heavy atom. The van der Waals surface area contributed by atoms with Crippen LogP contribution in [0.15, 0.2) is 35.4 Å². The van der Waals surface area contributed by atoms with Crippen molar-refractivity contribution in [3.05, 3.63) is 46.1 Å². The van der Waals surface area contributed by atoms with Gasteiger partial charge in [0.15, 0.2) is 5.82 Å². The molecular weight excluding hydrogens is 298 g/mol. The monoisotopic (exact) mass is 307 g/mol. The van der Waals surface area contributed by atoms with Crippen LogP contribution in [0.4, 0.5) is 11.5 Å². The highest BCUT2D eigenvalue weighted by Gasteiger charge is 2.20. The second-order valence-electron chi connectivity index (χ2n) is 4.04. The van der Waals surface area contributed by atoms with Crippen molar-refractivity contribution in [3.8, 4) is 6.07 Å². The van der Waals surface area contributed by atoms with Crippen molar-refractivity contribution in [1.29, 1.82) is 5.26 Å². The van der Waals surface area contributed by atoms with E-state index in [1.54, 1.807) is 6.07 Å². The van der Waals surface area contributed by atoms with Crippen LogP contribution in [0, 0.1) is 21.4 Å². The SMILES string of the molecule is Cn1cc(C#N)c(NS(=O)(=O)c2cccc([N+](=O)[O-])c2)n1. The fourth-order valence-corrected chi connectivity index (χ4v) is 2.65. The smallest absolute Gasteiger partial charge is 0.270 e. The first-order chi connectivity index (χ1) is 9.83. The van der Waals surface area contributed by atoms with Gasteiger partial charge in [-0.3, -0.25) is 19.5 Å². The number of nitrogens with one attached hydrogen (secondary N) is 1. The minimum Gasteiger partial charge on any atom is -0.272 e. The molecule has 0 unspecified atom stereocenters. The molecule has 1 N–H and O–H groups in total. The molecule has 1 aromatic carbocycles. The summed E-state index contributed by atoms with van der Waals surface area (Å²) in [4.78, 5) is 9.69. The standard InChI is InChI=1S/C11H9N5O4S/c1-15-7-8(6-12)11(13-15)14-21(19,20)10-4-2-3-9(5-10)16(17)18/h2-5,7H,1H3,(H,13,14). The minimum atomic E-state index is -4.07. The lowest BCUT2D eigenvalue weighted by molar-refractivity contribution is -0.385. The maximum Gasteiger partial charge on any atom is 0.270 e. The van der Waals surface area contributed by atoms with Crippen LogP contribution in [0.5, 0.6) is 0 Å². The van der Waals surface area contributed by atoms with Crippen LogP contribution in [0.3, 0.4) is 0 Å². The molecule has 2 aromatic rings. The second-order valence-corrected chi connectivity index (χ2v) is 5.72. The second kappa shape index (κ2) is 5.22. The van der Waals surface area contributed by atoms with Crippen molar-refractivity contribution in [2.24, 2.45) is 7.05 Å². The number of hydrogen-bond donors (Lipinski definition) is 1. The van der Waals surface area contributed by atoms with E-state index < -0.39 is 14.9 Å². The van der Waals surface area contributed by atoms with Gasteiger partial charge in [0, 0.05) is 25.4 Å². The summed E-state index contributed by atoms with van der Waals surface area (Å²) in [6.07, 6.45) is 1.35. The molecule has 0 radical (unpaired) electrons. The number of nitro groups is 1. The predicted molar refractivity (Wildman–Crippen MR) is 71.8 cm³/mol. The van der Waals surface area contributed by atoms with Crippen LogP contribution < -0.4 is 4.72 Å². The van der Waals surface area contributed by atoms with E-state index in [1.807, 2.05) is 0 Å². The largest absolute Gasteiger partial charge is 0.272 e. The molecule has 10 heteroatoms. The summed E-state index contributed by atoms with van der Waals surface area (Å²) in [5.74, 6) is -0.133. The van der Waals surface area contributed by atoms with E-state index in [-0.39, 0.29) is 22.0 Å². The third kappa shape index (κ3) is 2.98. The van der Waals surface area contributed by atoms with Crippen LogP contribution in [0.2, 0.25) is 0 Å². The summed E-state index contributed by atoms with van der Waals surface area (Å²) in [5, 5.41) is 23.4. The van der Waals surface area contributed by atoms with Gasteiger partial charge in [-0.15, -0.1) is 0 Å². The Kier molecular flexibility index (Phi) is 3.60. The van der Waals surface area contributed by atoms with Gasteiger partial charge in [0.05, 0.1) is 9.82 Å². The molecular formula is C11H9N5O4S. The third-order valence-electron chi connectivity index (χ3n) is 2.52. The lowest BCUT2D eigenvalue weighted by atomic mass is 10.3. The predicted octanol–water partition coefficient (Wildman–Crippen LogP) is 1.00. The van der Waals surface area contributed by atoms with E-state index in [0.29, 0.717) is 0 Å². The Morgan fingerprint density at radius 2 is 2.19 bits per heavy atom. The summed E-state index contributed by atoms with van der Waals surface area (Å²) >= 11 is 0. The fraction of sp³-hybridized carbons (Fsp3) is 0.0909. The molecule has 0 spiro atoms. The Morgan fingerprint density at radius 3 is 2.81 bits per heavy atom. The zero-order chi connectivity index (χ0) is 15.6. The first-order valence-electron chi connectivity index (χ1n) is 5.54. The number of sulfonamides is 1. The quantitative estimate of drug-likeness (QED) is 0.662. The number of nitrogens with zero attached hydrogens (tertiary/aromatic N) is 4. The van der Waals surface area contributed by atoms with Crippen molar-refractivity contribution in [1.82, 2.24) is 9.78 Å². The van der Waals surface area contributed by atoms with Crippen molar-refractivity contribution < 1.29 is 13.3 Å². The van der Waals surface area contributed by atoms with Gasteiger partial charge in [0.2, 0.25) is 0 Å². The maximum atomic E-state index is 12.2. The molecule has 1 aromatic heterocycles. The number of anilines is 1. The van der Waals surface area contributed by atoms with Crippen molar-refractivity contribution in [2.75, 3.05) is 4.72 Å². The first kappa shape index (κ1) is 14.5. The van der Waals surface area contributed by atoms with Crippen LogP contribution >= 0.6 is 0 Å². The van der Waals surface area contributed by atoms with Crippen LogP contribution in [-0.2, 0) is 17.1 Å². The number of nitro benzene ring substituents is 1. The number of nitriles is 1. The summed E-state index contributed by atoms with van der Waals surface area (Å²) in [5.41, 5.74) is -0.300. The molecule has 0 aliphatic carbocycles. The fourth-order valence-electron chi connectivity index (χ4n) is 1.60. The number of aromatic nitrogens is 2. The van der Waals surface area contributed by atoms with Crippen LogP contribution in [0.25, 0.3) is 0 Å². The van der Waals surface area contributed by atoms with Gasteiger partial charge in [0.1, 0.15) is 11.6 Å². The molecule has 108 valence electrons. The molecule has 2 rings (SSSR count). The van der Waals surface area contributed by atoms with E-state index in [9.17, 15) is 18.5 Å². The molecule has 21 heavy (non-hydrogen) atoms. The topological polar surface area (TPSA) is 131 Å². The van der Waals surface area contributed by atoms with Gasteiger partial charge in [-0.2, -0.15) is 10.4 Å². The molecule has 0 atom stereocenters. The third-order valence-corrected chi connectivity index (χ3v) is 3.86. The molecule has 0 saturated heterocycles. The Bertz CT molecular complexity index is 850. The molecule has 9 nitrogen and oxygen atoms in total. The van der Waals surface area contributed by atoms with Crippen molar-refractivity contribution in [3.63, 3.8) is 0 Å². The summed E-state index contributed by atoms with van der Waals surface area (Å²) in [6.45, 7) is 0. The Labute approximate surface area is 119 Å². The minimum absolute atomic E-state index is 0.0477. The lowest BCUT2D eigenvalue weighted by Gasteiger charge is -2.05. The average Bonchev–Trinajstić information content (AvgIpc) is 2.78. The molecule has 0 fully saturated rings. The number of aryl methyl sites for hydroxylation is 1. The van der Waals surface area contributed by atoms with Crippen molar-refractivity contribution in [2.45, 2.75) is 4.90 Å². The maximum absolute atomic E-state index is 12.2. The summed E-state index contributed by atoms with van der Waals surface area (Å²) in [7, 11) is -2.54. The van der Waals surface area contributed by atoms with Crippen LogP contribution in [-0.4, -0.2) is 23.1 Å². The highest BCUT2D eigenvalue weighted by molar-refractivity contribution is 7.92. The van der Waals surface area contributed by atoms with E-state index in [4.69, 9.17) is 5.26 Å². The normalized spacial score (nSPS) is 10.9. The lowest BCUT2D eigenvalue weighted by Crippen LogP contribution is -2.14. The molecule has 0 saturated carbocycles. The molecule has 0 amide bonds. The Balaban J connectivity index is 2.41. The molecule has 1 heterocycles. The van der Waals surface area contributed by atoms with Crippen molar-refractivity contribution >= 4 is 21.5 Å². The van der Waals surface area contributed by atoms with Crippen LogP contribution in [0.1, 0.15) is 5.56 Å². The summed E-state index contributed by atoms with van der Waals surface area (Å²) in [6, 6.07) is 6.38. The number of hydrogen-bond acceptors (Lipinski definition) is 6. The number of non-ortho nitro benzene ring substituents is 1. The van der Waals surface area contributed by atoms with E-state index >= 15 is 0 Å². The van der Waals surface area contributed by atoms with Gasteiger partial charge in [-0.05, 0) is 6.07 Å². The van der Waals surface area contributed by atoms with Gasteiger partial charge < -0.3 is 0 Å². The zero-order valence-corrected chi connectivity index (χ0v) is 11.5. The Hall–Kier alpha value is -2.93. The van der Waals surface area contributed by atoms with Gasteiger partial charge in [0.25, 0.3) is 15.7 Å².